The van der Waals surface area contributed by atoms with Crippen LogP contribution in [0.4, 0.5) is 0 Å². The predicted molar refractivity (Wildman–Crippen MR) is 92.3 cm³/mol. The van der Waals surface area contributed by atoms with Crippen molar-refractivity contribution in [2.45, 2.75) is 6.92 Å². The molecular formula is C18H18N4O3. The van der Waals surface area contributed by atoms with Crippen LogP contribution in [-0.4, -0.2) is 34.7 Å². The Bertz CT molecular complexity index is 854. The first-order valence-corrected chi connectivity index (χ1v) is 7.87. The van der Waals surface area contributed by atoms with Crippen molar-refractivity contribution >= 4 is 11.8 Å². The zero-order chi connectivity index (χ0) is 17.6. The summed E-state index contributed by atoms with van der Waals surface area (Å²) in [6.07, 6.45) is 1.56. The first-order chi connectivity index (χ1) is 12.1. The molecule has 128 valence electrons. The zero-order valence-corrected chi connectivity index (χ0v) is 13.7. The van der Waals surface area contributed by atoms with E-state index >= 15 is 0 Å². The van der Waals surface area contributed by atoms with Gasteiger partial charge in [0.05, 0.1) is 12.0 Å². The van der Waals surface area contributed by atoms with Gasteiger partial charge in [-0.15, -0.1) is 0 Å². The van der Waals surface area contributed by atoms with Crippen molar-refractivity contribution in [3.63, 3.8) is 0 Å². The number of hydrogen-bond donors (Lipinski definition) is 2. The summed E-state index contributed by atoms with van der Waals surface area (Å²) in [5.74, 6) is 0.171. The topological polar surface area (TPSA) is 89.2 Å². The Morgan fingerprint density at radius 3 is 2.52 bits per heavy atom. The van der Waals surface area contributed by atoms with Gasteiger partial charge in [0.15, 0.2) is 5.76 Å². The van der Waals surface area contributed by atoms with Crippen molar-refractivity contribution in [2.75, 3.05) is 13.1 Å². The molecule has 7 heteroatoms. The van der Waals surface area contributed by atoms with E-state index in [-0.39, 0.29) is 11.8 Å². The number of benzene rings is 1. The quantitative estimate of drug-likeness (QED) is 0.673. The fourth-order valence-corrected chi connectivity index (χ4v) is 2.36. The number of nitrogens with zero attached hydrogens (tertiary/aromatic N) is 2. The van der Waals surface area contributed by atoms with E-state index in [1.165, 1.54) is 6.92 Å². The maximum absolute atomic E-state index is 12.6. The van der Waals surface area contributed by atoms with Crippen molar-refractivity contribution in [3.8, 4) is 17.1 Å². The number of amides is 2. The molecular weight excluding hydrogens is 320 g/mol. The molecule has 3 rings (SSSR count). The predicted octanol–water partition coefficient (Wildman–Crippen LogP) is 2.00. The van der Waals surface area contributed by atoms with Crippen LogP contribution in [0.3, 0.4) is 0 Å². The first kappa shape index (κ1) is 16.5. The van der Waals surface area contributed by atoms with E-state index in [4.69, 9.17) is 4.42 Å². The molecule has 2 amide bonds. The number of nitrogens with one attached hydrogen (secondary N) is 2. The van der Waals surface area contributed by atoms with Gasteiger partial charge in [-0.1, -0.05) is 18.2 Å². The highest BCUT2D eigenvalue weighted by molar-refractivity contribution is 5.94. The van der Waals surface area contributed by atoms with Gasteiger partial charge in [0, 0.05) is 26.1 Å². The highest BCUT2D eigenvalue weighted by atomic mass is 16.3. The Labute approximate surface area is 144 Å². The molecule has 0 spiro atoms. The van der Waals surface area contributed by atoms with Crippen LogP contribution < -0.4 is 10.6 Å². The van der Waals surface area contributed by atoms with E-state index in [1.54, 1.807) is 29.1 Å². The normalized spacial score (nSPS) is 10.4. The van der Waals surface area contributed by atoms with Crippen LogP contribution in [-0.2, 0) is 4.79 Å². The summed E-state index contributed by atoms with van der Waals surface area (Å²) in [6, 6.07) is 14.6. The molecule has 7 nitrogen and oxygen atoms in total. The molecule has 2 N–H and O–H groups in total. The lowest BCUT2D eigenvalue weighted by atomic mass is 10.2. The minimum atomic E-state index is -0.278. The molecule has 25 heavy (non-hydrogen) atoms. The van der Waals surface area contributed by atoms with E-state index in [0.717, 1.165) is 5.69 Å². The minimum Gasteiger partial charge on any atom is -0.463 e. The Balaban J connectivity index is 1.86. The van der Waals surface area contributed by atoms with E-state index in [9.17, 15) is 9.59 Å². The van der Waals surface area contributed by atoms with Crippen LogP contribution in [0.5, 0.6) is 0 Å². The number of furan rings is 1. The largest absolute Gasteiger partial charge is 0.463 e. The average Bonchev–Trinajstić information content (AvgIpc) is 3.28. The van der Waals surface area contributed by atoms with E-state index in [2.05, 4.69) is 15.7 Å². The molecule has 0 aliphatic carbocycles. The number of para-hydroxylation sites is 1. The van der Waals surface area contributed by atoms with E-state index in [1.807, 2.05) is 30.3 Å². The molecule has 0 saturated carbocycles. The summed E-state index contributed by atoms with van der Waals surface area (Å²) < 4.78 is 6.95. The molecule has 0 bridgehead atoms. The van der Waals surface area contributed by atoms with Crippen LogP contribution in [0.2, 0.25) is 0 Å². The van der Waals surface area contributed by atoms with Crippen molar-refractivity contribution in [1.82, 2.24) is 20.4 Å². The summed E-state index contributed by atoms with van der Waals surface area (Å²) in [4.78, 5) is 23.4. The lowest BCUT2D eigenvalue weighted by Gasteiger charge is -2.08. The Kier molecular flexibility index (Phi) is 4.94. The van der Waals surface area contributed by atoms with Crippen molar-refractivity contribution in [1.29, 1.82) is 0 Å². The summed E-state index contributed by atoms with van der Waals surface area (Å²) in [5, 5.41) is 9.91. The highest BCUT2D eigenvalue weighted by Crippen LogP contribution is 2.22. The highest BCUT2D eigenvalue weighted by Gasteiger charge is 2.18. The Hall–Kier alpha value is -3.35. The van der Waals surface area contributed by atoms with Crippen LogP contribution in [0.25, 0.3) is 17.1 Å². The SMILES string of the molecule is CC(=O)NCCNC(=O)c1cc(-c2ccco2)nn1-c1ccccc1. The molecule has 1 aromatic carbocycles. The fraction of sp³-hybridized carbons (Fsp3) is 0.167. The van der Waals surface area contributed by atoms with Gasteiger partial charge in [0.2, 0.25) is 5.91 Å². The molecule has 0 radical (unpaired) electrons. The second-order valence-corrected chi connectivity index (χ2v) is 5.38. The molecule has 2 heterocycles. The number of hydrogen-bond acceptors (Lipinski definition) is 4. The average molecular weight is 338 g/mol. The Morgan fingerprint density at radius 2 is 1.84 bits per heavy atom. The third-order valence-electron chi connectivity index (χ3n) is 3.50. The zero-order valence-electron chi connectivity index (χ0n) is 13.7. The molecule has 2 aromatic heterocycles. The number of carbonyl (C=O) groups excluding carboxylic acids is 2. The third kappa shape index (κ3) is 3.95. The molecule has 0 atom stereocenters. The van der Waals surface area contributed by atoms with Crippen molar-refractivity contribution < 1.29 is 14.0 Å². The molecule has 0 saturated heterocycles. The maximum Gasteiger partial charge on any atom is 0.270 e. The molecule has 0 fully saturated rings. The monoisotopic (exact) mass is 338 g/mol. The van der Waals surface area contributed by atoms with Crippen LogP contribution in [0.1, 0.15) is 17.4 Å². The van der Waals surface area contributed by atoms with Crippen LogP contribution >= 0.6 is 0 Å². The first-order valence-electron chi connectivity index (χ1n) is 7.87. The summed E-state index contributed by atoms with van der Waals surface area (Å²) in [6.45, 7) is 2.13. The third-order valence-corrected chi connectivity index (χ3v) is 3.50. The van der Waals surface area contributed by atoms with Crippen molar-refractivity contribution in [3.05, 3.63) is 60.5 Å². The number of rotatable bonds is 6. The number of carbonyl (C=O) groups is 2. The van der Waals surface area contributed by atoms with Crippen molar-refractivity contribution in [2.24, 2.45) is 0 Å². The van der Waals surface area contributed by atoms with E-state index < -0.39 is 0 Å². The maximum atomic E-state index is 12.6. The number of aromatic nitrogens is 2. The fourth-order valence-electron chi connectivity index (χ4n) is 2.36. The summed E-state index contributed by atoms with van der Waals surface area (Å²) in [7, 11) is 0. The van der Waals surface area contributed by atoms with Gasteiger partial charge >= 0.3 is 0 Å². The molecule has 3 aromatic rings. The van der Waals surface area contributed by atoms with Gasteiger partial charge in [-0.2, -0.15) is 5.10 Å². The molecule has 0 aliphatic rings. The van der Waals surface area contributed by atoms with Gasteiger partial charge in [-0.3, -0.25) is 9.59 Å². The van der Waals surface area contributed by atoms with Gasteiger partial charge < -0.3 is 15.1 Å². The smallest absolute Gasteiger partial charge is 0.270 e. The Morgan fingerprint density at radius 1 is 1.08 bits per heavy atom. The summed E-state index contributed by atoms with van der Waals surface area (Å²) in [5.41, 5.74) is 1.73. The molecule has 0 aliphatic heterocycles. The second-order valence-electron chi connectivity index (χ2n) is 5.38. The lowest BCUT2D eigenvalue weighted by molar-refractivity contribution is -0.118. The van der Waals surface area contributed by atoms with Crippen LogP contribution in [0, 0.1) is 0 Å². The van der Waals surface area contributed by atoms with Gasteiger partial charge in [0.1, 0.15) is 11.4 Å². The summed E-state index contributed by atoms with van der Waals surface area (Å²) >= 11 is 0. The standard InChI is InChI=1S/C18H18N4O3/c1-13(23)19-9-10-20-18(24)16-12-15(17-8-5-11-25-17)21-22(16)14-6-3-2-4-7-14/h2-8,11-12H,9-10H2,1H3,(H,19,23)(H,20,24). The van der Waals surface area contributed by atoms with Gasteiger partial charge in [0.25, 0.3) is 5.91 Å². The second kappa shape index (κ2) is 7.48. The lowest BCUT2D eigenvalue weighted by Crippen LogP contribution is -2.34. The molecule has 0 unspecified atom stereocenters. The van der Waals surface area contributed by atoms with E-state index in [0.29, 0.717) is 30.2 Å². The van der Waals surface area contributed by atoms with Gasteiger partial charge in [-0.05, 0) is 24.3 Å². The van der Waals surface area contributed by atoms with Crippen LogP contribution in [0.15, 0.2) is 59.2 Å². The van der Waals surface area contributed by atoms with Gasteiger partial charge in [-0.25, -0.2) is 4.68 Å². The minimum absolute atomic E-state index is 0.135.